The van der Waals surface area contributed by atoms with Crippen molar-refractivity contribution in [2.45, 2.75) is 33.7 Å². The number of carbonyl (C=O) groups excluding carboxylic acids is 1. The lowest BCUT2D eigenvalue weighted by atomic mass is 10.0. The predicted octanol–water partition coefficient (Wildman–Crippen LogP) is 4.87. The molecule has 0 unspecified atom stereocenters. The molecule has 0 spiro atoms. The van der Waals surface area contributed by atoms with Crippen molar-refractivity contribution in [3.63, 3.8) is 0 Å². The topological polar surface area (TPSA) is 57.6 Å². The molecule has 0 saturated carbocycles. The monoisotopic (exact) mass is 418 g/mol. The summed E-state index contributed by atoms with van der Waals surface area (Å²) in [6, 6.07) is 10.3. The van der Waals surface area contributed by atoms with E-state index in [1.54, 1.807) is 11.3 Å². The first-order valence-corrected chi connectivity index (χ1v) is 11.0. The molecule has 6 heteroatoms. The van der Waals surface area contributed by atoms with Crippen molar-refractivity contribution < 1.29 is 4.79 Å². The quantitative estimate of drug-likeness (QED) is 0.459. The zero-order valence-corrected chi connectivity index (χ0v) is 18.6. The number of aromatic nitrogens is 1. The smallest absolute Gasteiger partial charge is 0.251 e. The van der Waals surface area contributed by atoms with Gasteiger partial charge in [0, 0.05) is 43.1 Å². The van der Waals surface area contributed by atoms with Crippen LogP contribution >= 0.6 is 11.3 Å². The molecule has 0 atom stereocenters. The fraction of sp³-hybridized carbons (Fsp3) is 0.292. The Kier molecular flexibility index (Phi) is 5.68. The first-order chi connectivity index (χ1) is 14.4. The van der Waals surface area contributed by atoms with Gasteiger partial charge in [0.05, 0.1) is 22.7 Å². The van der Waals surface area contributed by atoms with Gasteiger partial charge in [-0.15, -0.1) is 11.3 Å². The molecule has 2 heterocycles. The lowest BCUT2D eigenvalue weighted by Gasteiger charge is -2.11. The maximum Gasteiger partial charge on any atom is 0.251 e. The molecule has 5 nitrogen and oxygen atoms in total. The molecule has 154 valence electrons. The Labute approximate surface area is 181 Å². The van der Waals surface area contributed by atoms with E-state index in [0.717, 1.165) is 46.0 Å². The van der Waals surface area contributed by atoms with Crippen molar-refractivity contribution in [1.29, 1.82) is 0 Å². The van der Waals surface area contributed by atoms with E-state index in [-0.39, 0.29) is 5.91 Å². The second-order valence-electron chi connectivity index (χ2n) is 7.74. The third-order valence-electron chi connectivity index (χ3n) is 5.53. The van der Waals surface area contributed by atoms with E-state index in [4.69, 9.17) is 4.98 Å². The SMILES string of the molecule is CCN(C)C=Nc1cc(C)c(Cc2nc(-c3ccc4c(c3)CNC4=O)cs2)cc1C. The minimum Gasteiger partial charge on any atom is -0.366 e. The van der Waals surface area contributed by atoms with E-state index < -0.39 is 0 Å². The van der Waals surface area contributed by atoms with Gasteiger partial charge in [0.25, 0.3) is 5.91 Å². The molecular weight excluding hydrogens is 392 g/mol. The summed E-state index contributed by atoms with van der Waals surface area (Å²) < 4.78 is 0. The van der Waals surface area contributed by atoms with Crippen LogP contribution in [0.2, 0.25) is 0 Å². The Balaban J connectivity index is 1.53. The number of hydrogen-bond donors (Lipinski definition) is 1. The molecule has 30 heavy (non-hydrogen) atoms. The van der Waals surface area contributed by atoms with Crippen molar-refractivity contribution in [3.05, 3.63) is 68.5 Å². The van der Waals surface area contributed by atoms with Gasteiger partial charge in [0.2, 0.25) is 0 Å². The number of rotatable bonds is 6. The maximum absolute atomic E-state index is 11.8. The van der Waals surface area contributed by atoms with Gasteiger partial charge < -0.3 is 10.2 Å². The summed E-state index contributed by atoms with van der Waals surface area (Å²) in [4.78, 5) is 23.3. The fourth-order valence-corrected chi connectivity index (χ4v) is 4.34. The van der Waals surface area contributed by atoms with E-state index in [1.165, 1.54) is 16.7 Å². The van der Waals surface area contributed by atoms with E-state index in [2.05, 4.69) is 59.6 Å². The zero-order valence-electron chi connectivity index (χ0n) is 17.8. The minimum atomic E-state index is 0.00971. The van der Waals surface area contributed by atoms with E-state index in [1.807, 2.05) is 25.5 Å². The zero-order chi connectivity index (χ0) is 21.3. The molecule has 0 radical (unpaired) electrons. The Morgan fingerprint density at radius 2 is 2.07 bits per heavy atom. The molecule has 1 aromatic heterocycles. The first kappa shape index (κ1) is 20.3. The lowest BCUT2D eigenvalue weighted by Crippen LogP contribution is -2.14. The van der Waals surface area contributed by atoms with Gasteiger partial charge in [0.1, 0.15) is 0 Å². The summed E-state index contributed by atoms with van der Waals surface area (Å²) in [5.74, 6) is 0.00971. The molecule has 0 aliphatic carbocycles. The maximum atomic E-state index is 11.8. The second-order valence-corrected chi connectivity index (χ2v) is 8.68. The molecule has 2 aromatic carbocycles. The van der Waals surface area contributed by atoms with Gasteiger partial charge in [-0.05, 0) is 61.2 Å². The Bertz CT molecular complexity index is 1130. The highest BCUT2D eigenvalue weighted by atomic mass is 32.1. The molecule has 0 saturated heterocycles. The van der Waals surface area contributed by atoms with Crippen molar-refractivity contribution in [3.8, 4) is 11.3 Å². The number of thiazole rings is 1. The van der Waals surface area contributed by atoms with Crippen molar-refractivity contribution >= 4 is 29.3 Å². The van der Waals surface area contributed by atoms with Crippen LogP contribution in [0, 0.1) is 13.8 Å². The van der Waals surface area contributed by atoms with E-state index in [0.29, 0.717) is 6.54 Å². The van der Waals surface area contributed by atoms with E-state index >= 15 is 0 Å². The van der Waals surface area contributed by atoms with Crippen LogP contribution < -0.4 is 5.32 Å². The second kappa shape index (κ2) is 8.40. The number of hydrogen-bond acceptors (Lipinski definition) is 4. The predicted molar refractivity (Wildman–Crippen MR) is 124 cm³/mol. The third-order valence-corrected chi connectivity index (χ3v) is 6.37. The lowest BCUT2D eigenvalue weighted by molar-refractivity contribution is 0.0966. The summed E-state index contributed by atoms with van der Waals surface area (Å²) >= 11 is 1.68. The minimum absolute atomic E-state index is 0.00971. The normalized spacial score (nSPS) is 13.0. The fourth-order valence-electron chi connectivity index (χ4n) is 3.51. The summed E-state index contributed by atoms with van der Waals surface area (Å²) in [5.41, 5.74) is 8.53. The number of aryl methyl sites for hydroxylation is 2. The van der Waals surface area contributed by atoms with Gasteiger partial charge in [-0.1, -0.05) is 12.1 Å². The van der Waals surface area contributed by atoms with Crippen LogP contribution in [-0.4, -0.2) is 35.7 Å². The largest absolute Gasteiger partial charge is 0.366 e. The summed E-state index contributed by atoms with van der Waals surface area (Å²) in [6.45, 7) is 7.88. The molecule has 3 aromatic rings. The van der Waals surface area contributed by atoms with Gasteiger partial charge in [-0.25, -0.2) is 9.98 Å². The average Bonchev–Trinajstić information content (AvgIpc) is 3.35. The highest BCUT2D eigenvalue weighted by molar-refractivity contribution is 7.10. The van der Waals surface area contributed by atoms with Crippen LogP contribution in [0.15, 0.2) is 40.7 Å². The van der Waals surface area contributed by atoms with Gasteiger partial charge in [-0.3, -0.25) is 4.79 Å². The molecule has 1 N–H and O–H groups in total. The van der Waals surface area contributed by atoms with Crippen LogP contribution in [0.5, 0.6) is 0 Å². The Morgan fingerprint density at radius 1 is 1.23 bits per heavy atom. The summed E-state index contributed by atoms with van der Waals surface area (Å²) in [7, 11) is 2.02. The highest BCUT2D eigenvalue weighted by Gasteiger charge is 2.19. The number of carbonyl (C=O) groups is 1. The van der Waals surface area contributed by atoms with Crippen molar-refractivity contribution in [2.24, 2.45) is 4.99 Å². The van der Waals surface area contributed by atoms with Gasteiger partial charge in [0.15, 0.2) is 0 Å². The highest BCUT2D eigenvalue weighted by Crippen LogP contribution is 2.29. The molecule has 0 bridgehead atoms. The van der Waals surface area contributed by atoms with Crippen LogP contribution in [0.1, 0.15) is 44.5 Å². The Morgan fingerprint density at radius 3 is 2.87 bits per heavy atom. The van der Waals surface area contributed by atoms with Crippen LogP contribution in [-0.2, 0) is 13.0 Å². The molecule has 1 aliphatic heterocycles. The Hall–Kier alpha value is -2.99. The molecule has 0 fully saturated rings. The number of aliphatic imine (C=N–C) groups is 1. The summed E-state index contributed by atoms with van der Waals surface area (Å²) in [6.07, 6.45) is 2.69. The number of benzene rings is 2. The van der Waals surface area contributed by atoms with Crippen LogP contribution in [0.3, 0.4) is 0 Å². The molecule has 4 rings (SSSR count). The number of amides is 1. The number of nitrogens with zero attached hydrogens (tertiary/aromatic N) is 3. The number of nitrogens with one attached hydrogen (secondary N) is 1. The summed E-state index contributed by atoms with van der Waals surface area (Å²) in [5, 5.41) is 6.05. The van der Waals surface area contributed by atoms with Crippen LogP contribution in [0.4, 0.5) is 5.69 Å². The first-order valence-electron chi connectivity index (χ1n) is 10.1. The molecular formula is C24H26N4OS. The average molecular weight is 419 g/mol. The van der Waals surface area contributed by atoms with Crippen molar-refractivity contribution in [2.75, 3.05) is 13.6 Å². The molecule has 1 aliphatic rings. The van der Waals surface area contributed by atoms with Crippen molar-refractivity contribution in [1.82, 2.24) is 15.2 Å². The van der Waals surface area contributed by atoms with Gasteiger partial charge >= 0.3 is 0 Å². The van der Waals surface area contributed by atoms with Gasteiger partial charge in [-0.2, -0.15) is 0 Å². The third kappa shape index (κ3) is 4.14. The number of fused-ring (bicyclic) bond motifs is 1. The molecule has 1 amide bonds. The van der Waals surface area contributed by atoms with E-state index in [9.17, 15) is 4.79 Å². The van der Waals surface area contributed by atoms with Crippen LogP contribution in [0.25, 0.3) is 11.3 Å². The standard InChI is InChI=1S/C24H26N4OS/c1-5-28(4)14-26-21-9-15(2)18(8-16(21)3)11-23-27-22(13-30-23)17-6-7-20-19(10-17)12-25-24(20)29/h6-10,13-14H,5,11-12H2,1-4H3,(H,25,29).